The minimum atomic E-state index is -0.147. The number of fused-ring (bicyclic) bond motifs is 1. The maximum Gasteiger partial charge on any atom is 0.241 e. The van der Waals surface area contributed by atoms with Crippen molar-refractivity contribution in [2.45, 2.75) is 24.9 Å². The lowest BCUT2D eigenvalue weighted by Gasteiger charge is -2.39. The molecule has 2 fully saturated rings. The van der Waals surface area contributed by atoms with Gasteiger partial charge in [-0.1, -0.05) is 42.5 Å². The monoisotopic (exact) mass is 434 g/mol. The fourth-order valence-electron chi connectivity index (χ4n) is 4.50. The fourth-order valence-corrected chi connectivity index (χ4v) is 4.50. The number of nitrogens with zero attached hydrogens (tertiary/aromatic N) is 3. The summed E-state index contributed by atoms with van der Waals surface area (Å²) in [5, 5.41) is 3.05. The second-order valence-electron chi connectivity index (χ2n) is 8.86. The molecule has 0 spiro atoms. The van der Waals surface area contributed by atoms with E-state index in [1.807, 2.05) is 59.5 Å². The van der Waals surface area contributed by atoms with Crippen LogP contribution in [0.4, 0.5) is 5.69 Å². The lowest BCUT2D eigenvalue weighted by atomic mass is 10.0. The van der Waals surface area contributed by atoms with E-state index in [1.54, 1.807) is 0 Å². The Balaban J connectivity index is 1.23. The predicted molar refractivity (Wildman–Crippen MR) is 123 cm³/mol. The van der Waals surface area contributed by atoms with Crippen molar-refractivity contribution in [3.63, 3.8) is 0 Å². The van der Waals surface area contributed by atoms with Crippen LogP contribution in [-0.2, 0) is 9.59 Å². The van der Waals surface area contributed by atoms with Crippen LogP contribution in [0.25, 0.3) is 0 Å². The number of ether oxygens (including phenoxy) is 1. The predicted octanol–water partition coefficient (Wildman–Crippen LogP) is 2.05. The first-order chi connectivity index (χ1) is 15.7. The normalized spacial score (nSPS) is 21.5. The van der Waals surface area contributed by atoms with E-state index in [2.05, 4.69) is 15.1 Å². The average Bonchev–Trinajstić information content (AvgIpc) is 3.64. The van der Waals surface area contributed by atoms with Gasteiger partial charge in [0, 0.05) is 32.2 Å². The zero-order valence-corrected chi connectivity index (χ0v) is 18.3. The molecule has 2 aromatic carbocycles. The van der Waals surface area contributed by atoms with E-state index < -0.39 is 0 Å². The number of hydrogen-bond donors (Lipinski definition) is 1. The first-order valence-corrected chi connectivity index (χ1v) is 11.5. The van der Waals surface area contributed by atoms with Crippen molar-refractivity contribution in [3.05, 3.63) is 60.2 Å². The van der Waals surface area contributed by atoms with E-state index in [1.165, 1.54) is 0 Å². The Hall–Kier alpha value is -2.90. The fraction of sp³-hybridized carbons (Fsp3) is 0.440. The number of para-hydroxylation sites is 2. The number of anilines is 1. The van der Waals surface area contributed by atoms with Gasteiger partial charge in [0.25, 0.3) is 0 Å². The molecule has 1 saturated carbocycles. The molecule has 7 nitrogen and oxygen atoms in total. The smallest absolute Gasteiger partial charge is 0.241 e. The van der Waals surface area contributed by atoms with E-state index in [4.69, 9.17) is 4.74 Å². The summed E-state index contributed by atoms with van der Waals surface area (Å²) >= 11 is 0. The van der Waals surface area contributed by atoms with Gasteiger partial charge in [-0.05, 0) is 30.5 Å². The van der Waals surface area contributed by atoms with Crippen molar-refractivity contribution in [3.8, 4) is 5.75 Å². The minimum absolute atomic E-state index is 0.0783. The van der Waals surface area contributed by atoms with Gasteiger partial charge in [0.2, 0.25) is 11.8 Å². The van der Waals surface area contributed by atoms with Crippen LogP contribution in [0.3, 0.4) is 0 Å². The Bertz CT molecular complexity index is 955. The second-order valence-corrected chi connectivity index (χ2v) is 8.86. The van der Waals surface area contributed by atoms with Gasteiger partial charge >= 0.3 is 0 Å². The van der Waals surface area contributed by atoms with Crippen molar-refractivity contribution in [2.24, 2.45) is 0 Å². The van der Waals surface area contributed by atoms with E-state index in [0.29, 0.717) is 25.7 Å². The Morgan fingerprint density at radius 1 is 0.875 bits per heavy atom. The molecule has 2 aromatic rings. The molecule has 32 heavy (non-hydrogen) atoms. The maximum absolute atomic E-state index is 13.6. The number of amides is 2. The molecule has 0 radical (unpaired) electrons. The summed E-state index contributed by atoms with van der Waals surface area (Å²) in [4.78, 5) is 31.9. The molecule has 1 atom stereocenters. The van der Waals surface area contributed by atoms with Gasteiger partial charge in [0.05, 0.1) is 24.8 Å². The number of hydrogen-bond acceptors (Lipinski definition) is 5. The molecule has 1 saturated heterocycles. The van der Waals surface area contributed by atoms with Crippen molar-refractivity contribution >= 4 is 17.5 Å². The summed E-state index contributed by atoms with van der Waals surface area (Å²) in [5.74, 6) is 0.946. The lowest BCUT2D eigenvalue weighted by Crippen LogP contribution is -2.53. The highest BCUT2D eigenvalue weighted by molar-refractivity contribution is 5.97. The quantitative estimate of drug-likeness (QED) is 0.754. The summed E-state index contributed by atoms with van der Waals surface area (Å²) in [5.41, 5.74) is 1.90. The van der Waals surface area contributed by atoms with Crippen molar-refractivity contribution in [1.82, 2.24) is 15.1 Å². The van der Waals surface area contributed by atoms with Gasteiger partial charge in [0.1, 0.15) is 12.4 Å². The molecular weight excluding hydrogens is 404 g/mol. The minimum Gasteiger partial charge on any atom is -0.489 e. The zero-order valence-electron chi connectivity index (χ0n) is 18.3. The lowest BCUT2D eigenvalue weighted by molar-refractivity contribution is -0.124. The first kappa shape index (κ1) is 21.0. The molecule has 168 valence electrons. The third-order valence-corrected chi connectivity index (χ3v) is 6.42. The molecule has 1 aliphatic carbocycles. The van der Waals surface area contributed by atoms with Gasteiger partial charge < -0.3 is 10.1 Å². The molecule has 2 aliphatic heterocycles. The first-order valence-electron chi connectivity index (χ1n) is 11.5. The van der Waals surface area contributed by atoms with Crippen molar-refractivity contribution < 1.29 is 14.3 Å². The van der Waals surface area contributed by atoms with Crippen LogP contribution >= 0.6 is 0 Å². The van der Waals surface area contributed by atoms with Crippen LogP contribution in [0.5, 0.6) is 5.75 Å². The highest BCUT2D eigenvalue weighted by Gasteiger charge is 2.34. The highest BCUT2D eigenvalue weighted by Crippen LogP contribution is 2.39. The van der Waals surface area contributed by atoms with Gasteiger partial charge in [-0.15, -0.1) is 0 Å². The van der Waals surface area contributed by atoms with E-state index in [9.17, 15) is 9.59 Å². The third-order valence-electron chi connectivity index (χ3n) is 6.42. The van der Waals surface area contributed by atoms with Gasteiger partial charge in [-0.2, -0.15) is 0 Å². The summed E-state index contributed by atoms with van der Waals surface area (Å²) in [6.45, 7) is 4.41. The number of carbonyl (C=O) groups is 2. The maximum atomic E-state index is 13.6. The van der Waals surface area contributed by atoms with E-state index in [-0.39, 0.29) is 17.9 Å². The summed E-state index contributed by atoms with van der Waals surface area (Å²) in [6.07, 6.45) is 2.21. The van der Waals surface area contributed by atoms with E-state index >= 15 is 0 Å². The summed E-state index contributed by atoms with van der Waals surface area (Å²) in [7, 11) is 0. The number of benzene rings is 2. The van der Waals surface area contributed by atoms with Crippen LogP contribution in [0.1, 0.15) is 24.4 Å². The number of rotatable bonds is 6. The average molecular weight is 435 g/mol. The Kier molecular flexibility index (Phi) is 6.10. The Morgan fingerprint density at radius 3 is 2.25 bits per heavy atom. The summed E-state index contributed by atoms with van der Waals surface area (Å²) < 4.78 is 5.99. The van der Waals surface area contributed by atoms with Crippen LogP contribution in [0, 0.1) is 0 Å². The number of nitrogens with one attached hydrogen (secondary N) is 1. The number of carbonyl (C=O) groups excluding carboxylic acids is 2. The van der Waals surface area contributed by atoms with Gasteiger partial charge in [-0.3, -0.25) is 24.3 Å². The molecule has 2 heterocycles. The standard InChI is InChI=1S/C25H30N4O3/c30-24(26-20-10-11-20)16-27-12-14-28(15-13-27)17-25(31)29-21-8-4-5-9-23(21)32-18-22(29)19-6-2-1-3-7-19/h1-9,20,22H,10-18H2,(H,26,30)/t22-/m1/s1. The summed E-state index contributed by atoms with van der Waals surface area (Å²) in [6, 6.07) is 18.1. The topological polar surface area (TPSA) is 65.1 Å². The van der Waals surface area contributed by atoms with Crippen LogP contribution in [0.2, 0.25) is 0 Å². The Morgan fingerprint density at radius 2 is 1.53 bits per heavy atom. The van der Waals surface area contributed by atoms with Crippen LogP contribution < -0.4 is 15.0 Å². The van der Waals surface area contributed by atoms with Crippen molar-refractivity contribution in [1.29, 1.82) is 0 Å². The molecule has 1 N–H and O–H groups in total. The van der Waals surface area contributed by atoms with E-state index in [0.717, 1.165) is 56.0 Å². The molecule has 0 bridgehead atoms. The molecule has 0 aromatic heterocycles. The molecule has 3 aliphatic rings. The third kappa shape index (κ3) is 4.79. The highest BCUT2D eigenvalue weighted by atomic mass is 16.5. The van der Waals surface area contributed by atoms with Crippen molar-refractivity contribution in [2.75, 3.05) is 50.8 Å². The van der Waals surface area contributed by atoms with Crippen LogP contribution in [0.15, 0.2) is 54.6 Å². The molecule has 7 heteroatoms. The van der Waals surface area contributed by atoms with Gasteiger partial charge in [-0.25, -0.2) is 0 Å². The molecule has 2 amide bonds. The number of piperazine rings is 1. The SMILES string of the molecule is O=C(CN1CCN(CC(=O)N2c3ccccc3OC[C@@H]2c2ccccc2)CC1)NC1CC1. The van der Waals surface area contributed by atoms with Crippen LogP contribution in [-0.4, -0.2) is 73.5 Å². The molecular formula is C25H30N4O3. The second kappa shape index (κ2) is 9.30. The van der Waals surface area contributed by atoms with Gasteiger partial charge in [0.15, 0.2) is 0 Å². The Labute approximate surface area is 188 Å². The molecule has 0 unspecified atom stereocenters. The largest absolute Gasteiger partial charge is 0.489 e. The zero-order chi connectivity index (χ0) is 21.9. The molecule has 5 rings (SSSR count).